The molecule has 0 aliphatic carbocycles. The van der Waals surface area contributed by atoms with Gasteiger partial charge in [-0.3, -0.25) is 0 Å². The molecular formula is C19H16ClFN2O2. The van der Waals surface area contributed by atoms with Crippen molar-refractivity contribution in [1.82, 2.24) is 10.1 Å². The first-order valence-corrected chi connectivity index (χ1v) is 8.49. The molecule has 25 heavy (non-hydrogen) atoms. The van der Waals surface area contributed by atoms with Crippen LogP contribution in [0.3, 0.4) is 0 Å². The van der Waals surface area contributed by atoms with Crippen molar-refractivity contribution >= 4 is 11.6 Å². The number of halogens is 2. The molecule has 2 heterocycles. The normalized spacial score (nSPS) is 16.7. The molecule has 4 nitrogen and oxygen atoms in total. The maximum Gasteiger partial charge on any atom is 0.237 e. The fraction of sp³-hybridized carbons (Fsp3) is 0.263. The first kappa shape index (κ1) is 16.2. The van der Waals surface area contributed by atoms with E-state index in [0.717, 1.165) is 18.4 Å². The molecule has 0 saturated carbocycles. The van der Waals surface area contributed by atoms with Gasteiger partial charge in [0.05, 0.1) is 5.41 Å². The zero-order valence-corrected chi connectivity index (χ0v) is 14.2. The fourth-order valence-corrected chi connectivity index (χ4v) is 3.40. The zero-order valence-electron chi connectivity index (χ0n) is 13.4. The number of aromatic nitrogens is 2. The predicted octanol–water partition coefficient (Wildman–Crippen LogP) is 4.63. The van der Waals surface area contributed by atoms with Crippen molar-refractivity contribution in [3.05, 3.63) is 70.8 Å². The second-order valence-electron chi connectivity index (χ2n) is 6.13. The summed E-state index contributed by atoms with van der Waals surface area (Å²) in [7, 11) is 0. The molecule has 0 unspecified atom stereocenters. The molecule has 128 valence electrons. The number of benzene rings is 2. The van der Waals surface area contributed by atoms with Gasteiger partial charge in [0.2, 0.25) is 11.7 Å². The van der Waals surface area contributed by atoms with Crippen molar-refractivity contribution < 1.29 is 13.7 Å². The van der Waals surface area contributed by atoms with Crippen LogP contribution in [0.4, 0.5) is 4.39 Å². The number of hydrogen-bond donors (Lipinski definition) is 0. The molecule has 0 bridgehead atoms. The standard InChI is InChI=1S/C19H16ClFN2O2/c20-15-6-4-14(5-7-15)19(8-10-24-11-9-19)18-22-17(23-25-18)13-2-1-3-16(21)12-13/h1-7,12H,8-11H2. The molecule has 0 spiro atoms. The summed E-state index contributed by atoms with van der Waals surface area (Å²) in [5, 5.41) is 4.75. The lowest BCUT2D eigenvalue weighted by Crippen LogP contribution is -2.35. The molecule has 4 rings (SSSR count). The average Bonchev–Trinajstić information content (AvgIpc) is 3.14. The molecule has 1 fully saturated rings. The lowest BCUT2D eigenvalue weighted by atomic mass is 9.74. The Morgan fingerprint density at radius 3 is 2.52 bits per heavy atom. The van der Waals surface area contributed by atoms with Crippen LogP contribution in [-0.2, 0) is 10.2 Å². The minimum atomic E-state index is -0.415. The van der Waals surface area contributed by atoms with Crippen LogP contribution < -0.4 is 0 Å². The molecule has 3 aromatic rings. The molecule has 0 amide bonds. The van der Waals surface area contributed by atoms with E-state index in [9.17, 15) is 4.39 Å². The number of nitrogens with zero attached hydrogens (tertiary/aromatic N) is 2. The van der Waals surface area contributed by atoms with Gasteiger partial charge in [-0.25, -0.2) is 4.39 Å². The van der Waals surface area contributed by atoms with Crippen molar-refractivity contribution in [2.45, 2.75) is 18.3 Å². The third-order valence-electron chi connectivity index (χ3n) is 4.66. The summed E-state index contributed by atoms with van der Waals surface area (Å²) >= 11 is 6.03. The SMILES string of the molecule is Fc1cccc(-c2noc(C3(c4ccc(Cl)cc4)CCOCC3)n2)c1. The second-order valence-corrected chi connectivity index (χ2v) is 6.57. The largest absolute Gasteiger partial charge is 0.381 e. The van der Waals surface area contributed by atoms with E-state index in [4.69, 9.17) is 20.9 Å². The van der Waals surface area contributed by atoms with Gasteiger partial charge in [-0.05, 0) is 42.7 Å². The summed E-state index contributed by atoms with van der Waals surface area (Å²) in [6.45, 7) is 1.22. The molecule has 1 aliphatic rings. The summed E-state index contributed by atoms with van der Waals surface area (Å²) in [4.78, 5) is 4.58. The first-order valence-electron chi connectivity index (χ1n) is 8.11. The highest BCUT2D eigenvalue weighted by atomic mass is 35.5. The van der Waals surface area contributed by atoms with Gasteiger partial charge in [-0.1, -0.05) is 41.0 Å². The summed E-state index contributed by atoms with van der Waals surface area (Å²) in [5.41, 5.74) is 1.24. The molecule has 1 aromatic heterocycles. The average molecular weight is 359 g/mol. The van der Waals surface area contributed by atoms with Crippen LogP contribution in [0.1, 0.15) is 24.3 Å². The maximum absolute atomic E-state index is 13.5. The van der Waals surface area contributed by atoms with E-state index in [1.807, 2.05) is 24.3 Å². The lowest BCUT2D eigenvalue weighted by molar-refractivity contribution is 0.0523. The van der Waals surface area contributed by atoms with E-state index < -0.39 is 5.41 Å². The van der Waals surface area contributed by atoms with Crippen LogP contribution in [0.25, 0.3) is 11.4 Å². The Balaban J connectivity index is 1.77. The fourth-order valence-electron chi connectivity index (χ4n) is 3.28. The smallest absolute Gasteiger partial charge is 0.237 e. The Kier molecular flexibility index (Phi) is 4.27. The van der Waals surface area contributed by atoms with Crippen LogP contribution in [-0.4, -0.2) is 23.4 Å². The van der Waals surface area contributed by atoms with Crippen LogP contribution in [0, 0.1) is 5.82 Å². The molecular weight excluding hydrogens is 343 g/mol. The first-order chi connectivity index (χ1) is 12.2. The van der Waals surface area contributed by atoms with Crippen molar-refractivity contribution in [2.24, 2.45) is 0 Å². The summed E-state index contributed by atoms with van der Waals surface area (Å²) in [5.74, 6) is 0.578. The highest BCUT2D eigenvalue weighted by Crippen LogP contribution is 2.41. The van der Waals surface area contributed by atoms with E-state index in [0.29, 0.717) is 35.5 Å². The van der Waals surface area contributed by atoms with Gasteiger partial charge in [-0.2, -0.15) is 4.98 Å². The van der Waals surface area contributed by atoms with E-state index in [1.54, 1.807) is 12.1 Å². The van der Waals surface area contributed by atoms with Gasteiger partial charge < -0.3 is 9.26 Å². The number of ether oxygens (including phenoxy) is 1. The zero-order chi connectivity index (χ0) is 17.3. The molecule has 2 aromatic carbocycles. The molecule has 1 aliphatic heterocycles. The van der Waals surface area contributed by atoms with Crippen molar-refractivity contribution in [3.63, 3.8) is 0 Å². The van der Waals surface area contributed by atoms with Gasteiger partial charge in [0.1, 0.15) is 5.82 Å². The Morgan fingerprint density at radius 2 is 1.80 bits per heavy atom. The molecule has 6 heteroatoms. The predicted molar refractivity (Wildman–Crippen MR) is 92.0 cm³/mol. The van der Waals surface area contributed by atoms with Gasteiger partial charge in [0.15, 0.2) is 0 Å². The van der Waals surface area contributed by atoms with Crippen LogP contribution in [0.2, 0.25) is 5.02 Å². The minimum Gasteiger partial charge on any atom is -0.381 e. The minimum absolute atomic E-state index is 0.331. The van der Waals surface area contributed by atoms with Crippen molar-refractivity contribution in [1.29, 1.82) is 0 Å². The van der Waals surface area contributed by atoms with Crippen molar-refractivity contribution in [2.75, 3.05) is 13.2 Å². The third-order valence-corrected chi connectivity index (χ3v) is 4.91. The number of rotatable bonds is 3. The van der Waals surface area contributed by atoms with Gasteiger partial charge in [-0.15, -0.1) is 0 Å². The Hall–Kier alpha value is -2.24. The van der Waals surface area contributed by atoms with E-state index in [-0.39, 0.29) is 5.82 Å². The lowest BCUT2D eigenvalue weighted by Gasteiger charge is -2.34. The summed E-state index contributed by atoms with van der Waals surface area (Å²) in [6.07, 6.45) is 1.47. The number of hydrogen-bond acceptors (Lipinski definition) is 4. The highest BCUT2D eigenvalue weighted by molar-refractivity contribution is 6.30. The summed E-state index contributed by atoms with van der Waals surface area (Å²) < 4.78 is 24.6. The second kappa shape index (κ2) is 6.58. The third kappa shape index (κ3) is 3.05. The molecule has 1 saturated heterocycles. The van der Waals surface area contributed by atoms with Crippen molar-refractivity contribution in [3.8, 4) is 11.4 Å². The quantitative estimate of drug-likeness (QED) is 0.685. The van der Waals surface area contributed by atoms with E-state index in [1.165, 1.54) is 12.1 Å². The Labute approximate surface area is 149 Å². The van der Waals surface area contributed by atoms with Gasteiger partial charge in [0.25, 0.3) is 0 Å². The summed E-state index contributed by atoms with van der Waals surface area (Å²) in [6, 6.07) is 13.9. The van der Waals surface area contributed by atoms with Gasteiger partial charge >= 0.3 is 0 Å². The highest BCUT2D eigenvalue weighted by Gasteiger charge is 2.41. The van der Waals surface area contributed by atoms with Gasteiger partial charge in [0, 0.05) is 23.8 Å². The maximum atomic E-state index is 13.5. The molecule has 0 atom stereocenters. The van der Waals surface area contributed by atoms with Crippen LogP contribution in [0.5, 0.6) is 0 Å². The van der Waals surface area contributed by atoms with E-state index in [2.05, 4.69) is 10.1 Å². The van der Waals surface area contributed by atoms with Crippen LogP contribution >= 0.6 is 11.6 Å². The van der Waals surface area contributed by atoms with E-state index >= 15 is 0 Å². The Bertz CT molecular complexity index is 873. The molecule has 0 N–H and O–H groups in total. The topological polar surface area (TPSA) is 48.2 Å². The van der Waals surface area contributed by atoms with Crippen LogP contribution in [0.15, 0.2) is 53.1 Å². The molecule has 0 radical (unpaired) electrons. The Morgan fingerprint density at radius 1 is 1.04 bits per heavy atom. The monoisotopic (exact) mass is 358 g/mol.